The van der Waals surface area contributed by atoms with Crippen molar-refractivity contribution in [2.45, 2.75) is 158 Å². The lowest BCUT2D eigenvalue weighted by Gasteiger charge is -2.69. The average molecular weight is 737 g/mol. The molecule has 15 atom stereocenters. The van der Waals surface area contributed by atoms with E-state index in [0.717, 1.165) is 38.5 Å². The number of phenolic OH excluding ortho intramolecular Hbond substituents is 2. The molecule has 0 radical (unpaired) electrons. The van der Waals surface area contributed by atoms with Gasteiger partial charge in [-0.05, 0) is 102 Å². The third kappa shape index (κ3) is 4.22. The molecule has 8 aliphatic rings. The van der Waals surface area contributed by atoms with E-state index in [-0.39, 0.29) is 67.3 Å². The minimum Gasteiger partial charge on any atom is -0.508 e. The summed E-state index contributed by atoms with van der Waals surface area (Å²) in [6, 6.07) is 2.81. The molecule has 1 aromatic carbocycles. The highest BCUT2D eigenvalue weighted by molar-refractivity contribution is 5.96. The Morgan fingerprint density at radius 2 is 1.64 bits per heavy atom. The van der Waals surface area contributed by atoms with Crippen LogP contribution in [0.3, 0.4) is 0 Å². The summed E-state index contributed by atoms with van der Waals surface area (Å²) in [6.45, 7) is 7.93. The van der Waals surface area contributed by atoms with Crippen molar-refractivity contribution in [1.29, 1.82) is 0 Å². The molecule has 10 nitrogen and oxygen atoms in total. The van der Waals surface area contributed by atoms with Gasteiger partial charge in [0.15, 0.2) is 5.78 Å². The van der Waals surface area contributed by atoms with E-state index in [1.54, 1.807) is 6.08 Å². The van der Waals surface area contributed by atoms with E-state index >= 15 is 4.79 Å². The van der Waals surface area contributed by atoms with Gasteiger partial charge in [-0.3, -0.25) is 4.79 Å². The number of phenols is 2. The summed E-state index contributed by atoms with van der Waals surface area (Å²) in [4.78, 5) is 15.0. The molecule has 10 heteroatoms. The van der Waals surface area contributed by atoms with E-state index in [9.17, 15) is 40.9 Å². The Labute approximate surface area is 312 Å². The van der Waals surface area contributed by atoms with Gasteiger partial charge in [0, 0.05) is 48.7 Å². The van der Waals surface area contributed by atoms with Crippen molar-refractivity contribution in [1.82, 2.24) is 0 Å². The minimum atomic E-state index is -1.65. The third-order valence-electron chi connectivity index (χ3n) is 17.8. The predicted molar refractivity (Wildman–Crippen MR) is 194 cm³/mol. The van der Waals surface area contributed by atoms with Crippen LogP contribution in [-0.2, 0) is 16.0 Å². The number of benzene rings is 1. The van der Waals surface area contributed by atoms with Crippen LogP contribution in [0.2, 0.25) is 0 Å². The van der Waals surface area contributed by atoms with Crippen LogP contribution in [0.1, 0.15) is 122 Å². The summed E-state index contributed by atoms with van der Waals surface area (Å²) in [5.41, 5.74) is -6.77. The first-order valence-corrected chi connectivity index (χ1v) is 20.5. The highest BCUT2D eigenvalue weighted by Crippen LogP contribution is 2.79. The van der Waals surface area contributed by atoms with Crippen LogP contribution in [0.15, 0.2) is 23.8 Å². The van der Waals surface area contributed by atoms with Crippen molar-refractivity contribution < 1.29 is 50.4 Å². The smallest absolute Gasteiger partial charge is 0.160 e. The number of hydrogen-bond donors (Lipinski definition) is 8. The standard InChI is InChI=1S/C43H60O10/c1-22-8-7-12-43(36(49)23(22)2)41(51,14-15-44)35-30(53-43)19-42(52)27-18-29(47)33-32-26-16-24(45)17-28(46)25(26)9-13-40(32,50)31(48)20-37(33,3)34(27)39(10-5-6-11-39)21-38(35,42)4/h16-18,22-23,30-36,44-46,48-52H,5-15,19-21H2,1-4H3/t22-,23-,30-,31-,32+,33-,34+,35+,36-,37-,38+,40+,41+,42-,43-/m0/s1. The van der Waals surface area contributed by atoms with Gasteiger partial charge in [0.2, 0.25) is 0 Å². The number of carbonyl (C=O) groups is 1. The van der Waals surface area contributed by atoms with Gasteiger partial charge in [-0.15, -0.1) is 0 Å². The molecule has 0 unspecified atom stereocenters. The van der Waals surface area contributed by atoms with Crippen LogP contribution in [0.4, 0.5) is 0 Å². The van der Waals surface area contributed by atoms with Crippen molar-refractivity contribution in [2.24, 2.45) is 45.8 Å². The fraction of sp³-hybridized carbons (Fsp3) is 0.791. The van der Waals surface area contributed by atoms with Gasteiger partial charge in [0.1, 0.15) is 22.7 Å². The lowest BCUT2D eigenvalue weighted by molar-refractivity contribution is -0.244. The topological polar surface area (TPSA) is 188 Å². The first kappa shape index (κ1) is 36.6. The second-order valence-electron chi connectivity index (χ2n) is 20.0. The highest BCUT2D eigenvalue weighted by atomic mass is 16.6. The number of rotatable bonds is 2. The Morgan fingerprint density at radius 3 is 2.34 bits per heavy atom. The molecule has 8 N–H and O–H groups in total. The summed E-state index contributed by atoms with van der Waals surface area (Å²) in [5.74, 6) is -3.07. The number of allylic oxidation sites excluding steroid dienone is 1. The van der Waals surface area contributed by atoms with E-state index in [0.29, 0.717) is 36.0 Å². The molecule has 6 fully saturated rings. The summed E-state index contributed by atoms with van der Waals surface area (Å²) in [5, 5.41) is 95.5. The van der Waals surface area contributed by atoms with Crippen LogP contribution in [0.25, 0.3) is 0 Å². The molecule has 1 aliphatic heterocycles. The number of ether oxygens (including phenoxy) is 1. The Bertz CT molecular complexity index is 1750. The summed E-state index contributed by atoms with van der Waals surface area (Å²) in [6.07, 6.45) is 5.79. The molecule has 1 aromatic rings. The van der Waals surface area contributed by atoms with Gasteiger partial charge >= 0.3 is 0 Å². The SMILES string of the molecule is C[C@H]1[C@@H](C)CCC[C@]2(O[C@H]3C[C@]4(O)C5=CC(=O)[C@H]6[C@H]7c8cc(O)cc(O)c8CC[C@@]7(O)[C@@H](O)C[C@]6(C)[C@@H]5C5(CCCC5)C[C@]4(C)[C@@H]3[C@]2(O)CCO)[C@H]1O. The minimum absolute atomic E-state index is 0.00223. The molecular weight excluding hydrogens is 676 g/mol. The monoisotopic (exact) mass is 736 g/mol. The molecule has 1 heterocycles. The molecule has 5 saturated carbocycles. The number of carbonyl (C=O) groups excluding carboxylic acids is 1. The number of aliphatic hydroxyl groups excluding tert-OH is 3. The number of fused-ring (bicyclic) bond motifs is 12. The maximum Gasteiger partial charge on any atom is 0.160 e. The van der Waals surface area contributed by atoms with Crippen LogP contribution in [0.5, 0.6) is 11.5 Å². The summed E-state index contributed by atoms with van der Waals surface area (Å²) < 4.78 is 7.06. The second kappa shape index (κ2) is 11.3. The predicted octanol–water partition coefficient (Wildman–Crippen LogP) is 4.16. The zero-order chi connectivity index (χ0) is 37.9. The van der Waals surface area contributed by atoms with E-state index in [4.69, 9.17) is 4.74 Å². The molecule has 0 aromatic heterocycles. The molecule has 7 aliphatic carbocycles. The highest BCUT2D eigenvalue weighted by Gasteiger charge is 2.82. The molecular formula is C43H60O10. The number of aromatic hydroxyl groups is 2. The molecule has 2 spiro atoms. The van der Waals surface area contributed by atoms with Crippen molar-refractivity contribution in [2.75, 3.05) is 6.61 Å². The largest absolute Gasteiger partial charge is 0.508 e. The lowest BCUT2D eigenvalue weighted by atomic mass is 9.36. The van der Waals surface area contributed by atoms with Crippen molar-refractivity contribution in [3.05, 3.63) is 34.9 Å². The van der Waals surface area contributed by atoms with Gasteiger partial charge in [-0.1, -0.05) is 53.4 Å². The summed E-state index contributed by atoms with van der Waals surface area (Å²) in [7, 11) is 0. The fourth-order valence-electron chi connectivity index (χ4n) is 15.7. The number of aliphatic hydroxyl groups is 6. The molecule has 1 saturated heterocycles. The van der Waals surface area contributed by atoms with E-state index in [1.165, 1.54) is 12.1 Å². The molecule has 0 bridgehead atoms. The first-order valence-electron chi connectivity index (χ1n) is 20.5. The molecule has 0 amide bonds. The first-order chi connectivity index (χ1) is 24.9. The van der Waals surface area contributed by atoms with Crippen molar-refractivity contribution >= 4 is 5.78 Å². The Balaban J connectivity index is 1.22. The second-order valence-corrected chi connectivity index (χ2v) is 20.0. The van der Waals surface area contributed by atoms with Crippen LogP contribution in [-0.4, -0.2) is 94.0 Å². The van der Waals surface area contributed by atoms with Crippen LogP contribution in [0, 0.1) is 45.8 Å². The lowest BCUT2D eigenvalue weighted by Crippen LogP contribution is -2.71. The van der Waals surface area contributed by atoms with Gasteiger partial charge in [0.25, 0.3) is 0 Å². The van der Waals surface area contributed by atoms with E-state index in [2.05, 4.69) is 6.92 Å². The summed E-state index contributed by atoms with van der Waals surface area (Å²) >= 11 is 0. The van der Waals surface area contributed by atoms with Gasteiger partial charge < -0.3 is 45.6 Å². The third-order valence-corrected chi connectivity index (χ3v) is 17.8. The van der Waals surface area contributed by atoms with Crippen LogP contribution >= 0.6 is 0 Å². The van der Waals surface area contributed by atoms with Crippen molar-refractivity contribution in [3.8, 4) is 11.5 Å². The maximum absolute atomic E-state index is 15.0. The quantitative estimate of drug-likeness (QED) is 0.219. The van der Waals surface area contributed by atoms with Crippen molar-refractivity contribution in [3.63, 3.8) is 0 Å². The van der Waals surface area contributed by atoms with Gasteiger partial charge in [-0.2, -0.15) is 0 Å². The Kier molecular flexibility index (Phi) is 7.79. The molecule has 9 rings (SSSR count). The zero-order valence-electron chi connectivity index (χ0n) is 31.7. The zero-order valence-corrected chi connectivity index (χ0v) is 31.7. The van der Waals surface area contributed by atoms with Gasteiger partial charge in [0.05, 0.1) is 29.5 Å². The molecule has 53 heavy (non-hydrogen) atoms. The number of ketones is 1. The van der Waals surface area contributed by atoms with Crippen LogP contribution < -0.4 is 0 Å². The Hall–Kier alpha value is -2.05. The number of hydrogen-bond acceptors (Lipinski definition) is 10. The normalized spacial score (nSPS) is 52.2. The van der Waals surface area contributed by atoms with E-state index < -0.39 is 74.7 Å². The van der Waals surface area contributed by atoms with E-state index in [1.807, 2.05) is 20.8 Å². The van der Waals surface area contributed by atoms with Gasteiger partial charge in [-0.25, -0.2) is 0 Å². The Morgan fingerprint density at radius 1 is 0.925 bits per heavy atom. The fourth-order valence-corrected chi connectivity index (χ4v) is 15.7. The maximum atomic E-state index is 15.0. The average Bonchev–Trinajstić information content (AvgIpc) is 3.67. The molecule has 292 valence electrons.